The first-order valence-electron chi connectivity index (χ1n) is 8.25. The number of para-hydroxylation sites is 2. The minimum absolute atomic E-state index is 0.758. The molecular formula is C19H21N3O. The van der Waals surface area contributed by atoms with Gasteiger partial charge in [-0.25, -0.2) is 0 Å². The van der Waals surface area contributed by atoms with Gasteiger partial charge in [0, 0.05) is 32.7 Å². The molecule has 23 heavy (non-hydrogen) atoms. The molecule has 0 amide bonds. The lowest BCUT2D eigenvalue weighted by Gasteiger charge is -2.33. The molecule has 2 aromatic carbocycles. The van der Waals surface area contributed by atoms with E-state index in [4.69, 9.17) is 4.42 Å². The third-order valence-corrected chi connectivity index (χ3v) is 4.48. The standard InChI is InChI=1S/C19H21N3O/c1-2-6-16(7-3-1)10-11-21-12-14-22(15-13-21)19-20-17-8-4-5-9-18(17)23-19/h1-9H,10-15H2. The normalized spacial score (nSPS) is 16.1. The van der Waals surface area contributed by atoms with E-state index >= 15 is 0 Å². The Balaban J connectivity index is 1.33. The molecule has 0 atom stereocenters. The van der Waals surface area contributed by atoms with E-state index in [2.05, 4.69) is 45.1 Å². The molecule has 0 bridgehead atoms. The largest absolute Gasteiger partial charge is 0.423 e. The van der Waals surface area contributed by atoms with Crippen LogP contribution < -0.4 is 4.90 Å². The van der Waals surface area contributed by atoms with Crippen LogP contribution in [0.25, 0.3) is 11.1 Å². The van der Waals surface area contributed by atoms with Crippen molar-refractivity contribution in [3.8, 4) is 0 Å². The van der Waals surface area contributed by atoms with Crippen molar-refractivity contribution in [3.63, 3.8) is 0 Å². The Hall–Kier alpha value is -2.33. The van der Waals surface area contributed by atoms with Crippen molar-refractivity contribution in [2.24, 2.45) is 0 Å². The molecule has 1 aromatic heterocycles. The second-order valence-electron chi connectivity index (χ2n) is 6.03. The molecule has 0 saturated carbocycles. The Morgan fingerprint density at radius 1 is 0.870 bits per heavy atom. The van der Waals surface area contributed by atoms with E-state index in [0.717, 1.165) is 56.3 Å². The van der Waals surface area contributed by atoms with Gasteiger partial charge < -0.3 is 9.32 Å². The zero-order valence-electron chi connectivity index (χ0n) is 13.2. The number of hydrogen-bond acceptors (Lipinski definition) is 4. The maximum Gasteiger partial charge on any atom is 0.298 e. The van der Waals surface area contributed by atoms with Gasteiger partial charge in [-0.15, -0.1) is 0 Å². The Bertz CT molecular complexity index is 727. The topological polar surface area (TPSA) is 32.5 Å². The van der Waals surface area contributed by atoms with Crippen LogP contribution >= 0.6 is 0 Å². The van der Waals surface area contributed by atoms with Crippen molar-refractivity contribution in [3.05, 3.63) is 60.2 Å². The van der Waals surface area contributed by atoms with Gasteiger partial charge in [0.25, 0.3) is 6.01 Å². The number of rotatable bonds is 4. The summed E-state index contributed by atoms with van der Waals surface area (Å²) in [4.78, 5) is 9.36. The van der Waals surface area contributed by atoms with Gasteiger partial charge in [-0.2, -0.15) is 4.98 Å². The lowest BCUT2D eigenvalue weighted by molar-refractivity contribution is 0.256. The number of fused-ring (bicyclic) bond motifs is 1. The molecular weight excluding hydrogens is 286 g/mol. The quantitative estimate of drug-likeness (QED) is 0.741. The molecule has 0 radical (unpaired) electrons. The number of nitrogens with zero attached hydrogens (tertiary/aromatic N) is 3. The maximum atomic E-state index is 5.87. The van der Waals surface area contributed by atoms with E-state index in [9.17, 15) is 0 Å². The molecule has 4 nitrogen and oxygen atoms in total. The highest BCUT2D eigenvalue weighted by Crippen LogP contribution is 2.22. The summed E-state index contributed by atoms with van der Waals surface area (Å²) in [6, 6.07) is 19.4. The fourth-order valence-electron chi connectivity index (χ4n) is 3.09. The molecule has 3 aromatic rings. The van der Waals surface area contributed by atoms with E-state index in [1.165, 1.54) is 5.56 Å². The summed E-state index contributed by atoms with van der Waals surface area (Å²) in [7, 11) is 0. The molecule has 0 unspecified atom stereocenters. The number of oxazole rings is 1. The third kappa shape index (κ3) is 3.22. The summed E-state index contributed by atoms with van der Waals surface area (Å²) < 4.78 is 5.87. The van der Waals surface area contributed by atoms with Crippen molar-refractivity contribution in [2.45, 2.75) is 6.42 Å². The Kier molecular flexibility index (Phi) is 3.99. The third-order valence-electron chi connectivity index (χ3n) is 4.48. The van der Waals surface area contributed by atoms with Crippen LogP contribution in [0, 0.1) is 0 Å². The van der Waals surface area contributed by atoms with Crippen molar-refractivity contribution in [2.75, 3.05) is 37.6 Å². The molecule has 1 saturated heterocycles. The first kappa shape index (κ1) is 14.3. The highest BCUT2D eigenvalue weighted by molar-refractivity contribution is 5.74. The van der Waals surface area contributed by atoms with E-state index in [1.807, 2.05) is 24.3 Å². The van der Waals surface area contributed by atoms with Gasteiger partial charge in [0.05, 0.1) is 0 Å². The first-order chi connectivity index (χ1) is 11.4. The number of hydrogen-bond donors (Lipinski definition) is 0. The van der Waals surface area contributed by atoms with Crippen LogP contribution in [0.2, 0.25) is 0 Å². The molecule has 0 N–H and O–H groups in total. The highest BCUT2D eigenvalue weighted by Gasteiger charge is 2.20. The predicted molar refractivity (Wildman–Crippen MR) is 92.8 cm³/mol. The minimum atomic E-state index is 0.758. The van der Waals surface area contributed by atoms with Gasteiger partial charge in [-0.3, -0.25) is 4.90 Å². The molecule has 1 aliphatic rings. The molecule has 1 fully saturated rings. The zero-order chi connectivity index (χ0) is 15.5. The second kappa shape index (κ2) is 6.42. The minimum Gasteiger partial charge on any atom is -0.423 e. The van der Waals surface area contributed by atoms with Crippen LogP contribution in [0.15, 0.2) is 59.0 Å². The van der Waals surface area contributed by atoms with Gasteiger partial charge in [-0.05, 0) is 24.1 Å². The summed E-state index contributed by atoms with van der Waals surface area (Å²) >= 11 is 0. The smallest absolute Gasteiger partial charge is 0.298 e. The van der Waals surface area contributed by atoms with Crippen LogP contribution in [0.1, 0.15) is 5.56 Å². The Morgan fingerprint density at radius 3 is 2.39 bits per heavy atom. The van der Waals surface area contributed by atoms with Crippen LogP contribution in [0.5, 0.6) is 0 Å². The highest BCUT2D eigenvalue weighted by atomic mass is 16.4. The van der Waals surface area contributed by atoms with Gasteiger partial charge in [0.1, 0.15) is 5.52 Å². The van der Waals surface area contributed by atoms with Crippen LogP contribution in [0.3, 0.4) is 0 Å². The fraction of sp³-hybridized carbons (Fsp3) is 0.316. The van der Waals surface area contributed by atoms with Gasteiger partial charge in [0.15, 0.2) is 5.58 Å². The summed E-state index contributed by atoms with van der Waals surface area (Å²) in [5.74, 6) is 0. The number of piperazine rings is 1. The molecule has 118 valence electrons. The van der Waals surface area contributed by atoms with Crippen molar-refractivity contribution < 1.29 is 4.42 Å². The van der Waals surface area contributed by atoms with Crippen LogP contribution in [-0.2, 0) is 6.42 Å². The lowest BCUT2D eigenvalue weighted by atomic mass is 10.1. The van der Waals surface area contributed by atoms with E-state index < -0.39 is 0 Å². The van der Waals surface area contributed by atoms with Gasteiger partial charge in [-0.1, -0.05) is 42.5 Å². The maximum absolute atomic E-state index is 5.87. The monoisotopic (exact) mass is 307 g/mol. The van der Waals surface area contributed by atoms with Gasteiger partial charge >= 0.3 is 0 Å². The predicted octanol–water partition coefficient (Wildman–Crippen LogP) is 3.19. The van der Waals surface area contributed by atoms with Crippen LogP contribution in [0.4, 0.5) is 6.01 Å². The number of aromatic nitrogens is 1. The molecule has 0 spiro atoms. The number of benzene rings is 2. The molecule has 4 rings (SSSR count). The molecule has 2 heterocycles. The van der Waals surface area contributed by atoms with E-state index in [-0.39, 0.29) is 0 Å². The van der Waals surface area contributed by atoms with Crippen LogP contribution in [-0.4, -0.2) is 42.6 Å². The molecule has 1 aliphatic heterocycles. The lowest BCUT2D eigenvalue weighted by Crippen LogP contribution is -2.47. The van der Waals surface area contributed by atoms with E-state index in [0.29, 0.717) is 0 Å². The average molecular weight is 307 g/mol. The summed E-state index contributed by atoms with van der Waals surface area (Å²) in [6.07, 6.45) is 1.11. The molecule has 4 heteroatoms. The van der Waals surface area contributed by atoms with Crippen molar-refractivity contribution >= 4 is 17.1 Å². The van der Waals surface area contributed by atoms with E-state index in [1.54, 1.807) is 0 Å². The Morgan fingerprint density at radius 2 is 1.61 bits per heavy atom. The first-order valence-corrected chi connectivity index (χ1v) is 8.25. The second-order valence-corrected chi connectivity index (χ2v) is 6.03. The Labute approximate surface area is 136 Å². The molecule has 0 aliphatic carbocycles. The fourth-order valence-corrected chi connectivity index (χ4v) is 3.09. The number of anilines is 1. The van der Waals surface area contributed by atoms with Crippen molar-refractivity contribution in [1.29, 1.82) is 0 Å². The summed E-state index contributed by atoms with van der Waals surface area (Å²) in [5, 5.41) is 0. The summed E-state index contributed by atoms with van der Waals surface area (Å²) in [5.41, 5.74) is 3.22. The SMILES string of the molecule is c1ccc(CCN2CCN(c3nc4ccccc4o3)CC2)cc1. The van der Waals surface area contributed by atoms with Gasteiger partial charge in [0.2, 0.25) is 0 Å². The summed E-state index contributed by atoms with van der Waals surface area (Å²) in [6.45, 7) is 5.19. The van der Waals surface area contributed by atoms with Crippen molar-refractivity contribution in [1.82, 2.24) is 9.88 Å². The average Bonchev–Trinajstić information content (AvgIpc) is 3.05. The zero-order valence-corrected chi connectivity index (χ0v) is 13.2.